The van der Waals surface area contributed by atoms with Crippen LogP contribution in [0.15, 0.2) is 64.7 Å². The number of hydrogen-bond donors (Lipinski definition) is 1. The van der Waals surface area contributed by atoms with Gasteiger partial charge in [-0.25, -0.2) is 9.48 Å². The zero-order valence-electron chi connectivity index (χ0n) is 25.3. The maximum absolute atomic E-state index is 13.4. The molecule has 1 N–H and O–H groups in total. The normalized spacial score (nSPS) is 15.4. The molecular formula is C32H33N7O5S. The molecular weight excluding hydrogens is 594 g/mol. The smallest absolute Gasteiger partial charge is 0.337 e. The van der Waals surface area contributed by atoms with E-state index in [2.05, 4.69) is 25.6 Å². The third-order valence-corrected chi connectivity index (χ3v) is 8.69. The number of ether oxygens (including phenoxy) is 2. The molecule has 2 aromatic heterocycles. The van der Waals surface area contributed by atoms with E-state index in [1.807, 2.05) is 48.5 Å². The van der Waals surface area contributed by atoms with Crippen LogP contribution in [0.3, 0.4) is 0 Å². The van der Waals surface area contributed by atoms with E-state index < -0.39 is 30.1 Å². The van der Waals surface area contributed by atoms with Crippen molar-refractivity contribution in [2.24, 2.45) is 10.4 Å². The van der Waals surface area contributed by atoms with Crippen LogP contribution in [-0.4, -0.2) is 55.0 Å². The first-order chi connectivity index (χ1) is 21.7. The zero-order chi connectivity index (χ0) is 31.6. The maximum Gasteiger partial charge on any atom is 0.337 e. The van der Waals surface area contributed by atoms with Gasteiger partial charge in [0, 0.05) is 22.6 Å². The summed E-state index contributed by atoms with van der Waals surface area (Å²) in [6.45, 7) is 5.06. The molecule has 4 aromatic rings. The van der Waals surface area contributed by atoms with Gasteiger partial charge in [-0.15, -0.1) is 10.2 Å². The van der Waals surface area contributed by atoms with Crippen molar-refractivity contribution in [1.29, 1.82) is 0 Å². The van der Waals surface area contributed by atoms with Gasteiger partial charge in [-0.05, 0) is 74.8 Å². The Labute approximate surface area is 263 Å². The van der Waals surface area contributed by atoms with Crippen molar-refractivity contribution in [3.63, 3.8) is 0 Å². The summed E-state index contributed by atoms with van der Waals surface area (Å²) in [6, 6.07) is 16.0. The van der Waals surface area contributed by atoms with Crippen molar-refractivity contribution >= 4 is 29.2 Å². The molecule has 1 amide bonds. The van der Waals surface area contributed by atoms with Crippen molar-refractivity contribution in [1.82, 2.24) is 30.4 Å². The molecule has 1 fully saturated rings. The van der Waals surface area contributed by atoms with E-state index in [0.717, 1.165) is 40.1 Å². The molecule has 2 aliphatic rings. The Morgan fingerprint density at radius 1 is 1.00 bits per heavy atom. The van der Waals surface area contributed by atoms with Crippen molar-refractivity contribution in [2.75, 3.05) is 6.79 Å². The second kappa shape index (κ2) is 12.7. The topological polar surface area (TPSA) is 154 Å². The van der Waals surface area contributed by atoms with Gasteiger partial charge in [0.1, 0.15) is 5.01 Å². The molecule has 45 heavy (non-hydrogen) atoms. The number of amides is 1. The summed E-state index contributed by atoms with van der Waals surface area (Å²) in [5, 5.41) is 20.2. The molecule has 2 aromatic carbocycles. The van der Waals surface area contributed by atoms with Gasteiger partial charge in [0.25, 0.3) is 5.91 Å². The van der Waals surface area contributed by atoms with Crippen LogP contribution in [0.1, 0.15) is 69.4 Å². The van der Waals surface area contributed by atoms with E-state index in [1.54, 1.807) is 25.5 Å². The highest BCUT2D eigenvalue weighted by atomic mass is 32.1. The number of aromatic nitrogens is 6. The van der Waals surface area contributed by atoms with Crippen molar-refractivity contribution in [3.05, 3.63) is 75.0 Å². The average Bonchev–Trinajstić information content (AvgIpc) is 3.37. The molecule has 0 radical (unpaired) electrons. The Hall–Kier alpha value is -4.78. The van der Waals surface area contributed by atoms with Crippen LogP contribution in [-0.2, 0) is 30.4 Å². The summed E-state index contributed by atoms with van der Waals surface area (Å²) in [5.74, 6) is -0.708. The number of hydrogen-bond acceptors (Lipinski definition) is 10. The minimum Gasteiger partial charge on any atom is -0.427 e. The first kappa shape index (κ1) is 30.3. The molecule has 0 spiro atoms. The highest BCUT2D eigenvalue weighted by Crippen LogP contribution is 2.40. The number of H-pyrrole nitrogens is 1. The Bertz CT molecular complexity index is 1830. The molecule has 2 aliphatic carbocycles. The highest BCUT2D eigenvalue weighted by Gasteiger charge is 2.30. The summed E-state index contributed by atoms with van der Waals surface area (Å²) >= 11 is 1.41. The number of benzene rings is 2. The molecule has 6 rings (SSSR count). The lowest BCUT2D eigenvalue weighted by molar-refractivity contribution is -0.171. The van der Waals surface area contributed by atoms with Crippen LogP contribution < -0.4 is 4.80 Å². The summed E-state index contributed by atoms with van der Waals surface area (Å²) in [5.41, 5.74) is 3.75. The number of esters is 2. The highest BCUT2D eigenvalue weighted by molar-refractivity contribution is 7.09. The van der Waals surface area contributed by atoms with E-state index in [-0.39, 0.29) is 5.57 Å². The zero-order valence-corrected chi connectivity index (χ0v) is 26.1. The van der Waals surface area contributed by atoms with E-state index in [9.17, 15) is 14.4 Å². The minimum atomic E-state index is -0.716. The van der Waals surface area contributed by atoms with Crippen LogP contribution in [0.2, 0.25) is 0 Å². The summed E-state index contributed by atoms with van der Waals surface area (Å²) < 4.78 is 12.0. The van der Waals surface area contributed by atoms with Crippen molar-refractivity contribution in [2.45, 2.75) is 65.3 Å². The van der Waals surface area contributed by atoms with Gasteiger partial charge in [0.05, 0.1) is 12.0 Å². The van der Waals surface area contributed by atoms with Gasteiger partial charge < -0.3 is 9.47 Å². The first-order valence-corrected chi connectivity index (χ1v) is 15.6. The maximum atomic E-state index is 13.4. The number of rotatable bonds is 9. The average molecular weight is 628 g/mol. The van der Waals surface area contributed by atoms with Gasteiger partial charge in [0.2, 0.25) is 17.4 Å². The first-order valence-electron chi connectivity index (χ1n) is 14.8. The van der Waals surface area contributed by atoms with Gasteiger partial charge in [-0.2, -0.15) is 15.3 Å². The molecule has 13 heteroatoms. The second-order valence-corrected chi connectivity index (χ2v) is 13.1. The number of nitrogens with zero attached hydrogens (tertiary/aromatic N) is 6. The molecule has 0 bridgehead atoms. The molecule has 0 saturated heterocycles. The van der Waals surface area contributed by atoms with Gasteiger partial charge >= 0.3 is 11.9 Å². The fourth-order valence-electron chi connectivity index (χ4n) is 4.98. The van der Waals surface area contributed by atoms with Crippen LogP contribution >= 0.6 is 11.3 Å². The van der Waals surface area contributed by atoms with Gasteiger partial charge in [-0.1, -0.05) is 59.9 Å². The molecule has 1 saturated carbocycles. The molecule has 0 aliphatic heterocycles. The fraction of sp³-hybridized carbons (Fsp3) is 0.375. The second-order valence-electron chi connectivity index (χ2n) is 12.1. The molecule has 12 nitrogen and oxygen atoms in total. The third-order valence-electron chi connectivity index (χ3n) is 7.59. The Balaban J connectivity index is 1.21. The SMILES string of the molecule is CC(C)(C)C(=O)OCOC(=O)C1=C(C(=O)N=c2sc(C3CC3)nn2Cc2ccc(-c3ccccc3-c3nn[nH]n3)cc2)CCC1. The Morgan fingerprint density at radius 2 is 1.73 bits per heavy atom. The Kier molecular flexibility index (Phi) is 8.52. The molecule has 2 heterocycles. The standard InChI is InChI=1S/C32H33N7O5S/c1-32(2,3)30(42)44-18-43-29(41)25-10-6-9-24(25)27(40)33-31-39(36-28(45-31)21-15-16-21)17-19-11-13-20(14-12-19)22-7-4-5-8-23(22)26-34-37-38-35-26/h4-5,7-8,11-14,21H,6,9-10,15-18H2,1-3H3,(H,34,35,37,38). The van der Waals surface area contributed by atoms with E-state index in [4.69, 9.17) is 14.6 Å². The lowest BCUT2D eigenvalue weighted by atomic mass is 9.98. The van der Waals surface area contributed by atoms with Crippen LogP contribution in [0, 0.1) is 5.41 Å². The third kappa shape index (κ3) is 6.98. The lowest BCUT2D eigenvalue weighted by Crippen LogP contribution is -2.25. The van der Waals surface area contributed by atoms with Crippen LogP contribution in [0.4, 0.5) is 0 Å². The van der Waals surface area contributed by atoms with E-state index in [1.165, 1.54) is 11.3 Å². The summed E-state index contributed by atoms with van der Waals surface area (Å²) in [4.78, 5) is 43.1. The largest absolute Gasteiger partial charge is 0.427 e. The van der Waals surface area contributed by atoms with Crippen LogP contribution in [0.5, 0.6) is 0 Å². The number of carbonyl (C=O) groups excluding carboxylic acids is 3. The number of nitrogens with one attached hydrogen (secondary N) is 1. The van der Waals surface area contributed by atoms with E-state index in [0.29, 0.717) is 47.9 Å². The van der Waals surface area contributed by atoms with Crippen molar-refractivity contribution < 1.29 is 23.9 Å². The number of tetrazole rings is 1. The molecule has 0 unspecified atom stereocenters. The molecule has 0 atom stereocenters. The van der Waals surface area contributed by atoms with E-state index >= 15 is 0 Å². The summed E-state index contributed by atoms with van der Waals surface area (Å²) in [6.07, 6.45) is 3.60. The lowest BCUT2D eigenvalue weighted by Gasteiger charge is -2.16. The van der Waals surface area contributed by atoms with Gasteiger partial charge in [0.15, 0.2) is 0 Å². The van der Waals surface area contributed by atoms with Crippen LogP contribution in [0.25, 0.3) is 22.5 Å². The quantitative estimate of drug-likeness (QED) is 0.205. The predicted octanol–water partition coefficient (Wildman–Crippen LogP) is 4.72. The summed E-state index contributed by atoms with van der Waals surface area (Å²) in [7, 11) is 0. The Morgan fingerprint density at radius 3 is 2.42 bits per heavy atom. The van der Waals surface area contributed by atoms with Crippen molar-refractivity contribution in [3.8, 4) is 22.5 Å². The predicted molar refractivity (Wildman–Crippen MR) is 164 cm³/mol. The van der Waals surface area contributed by atoms with Gasteiger partial charge in [-0.3, -0.25) is 9.59 Å². The fourth-order valence-corrected chi connectivity index (χ4v) is 6.04. The monoisotopic (exact) mass is 627 g/mol. The number of aromatic amines is 1. The molecule has 232 valence electrons. The minimum absolute atomic E-state index is 0.283. The number of carbonyl (C=O) groups is 3.